The van der Waals surface area contributed by atoms with E-state index in [2.05, 4.69) is 10.2 Å². The van der Waals surface area contributed by atoms with Gasteiger partial charge in [0.05, 0.1) is 15.8 Å². The molecule has 0 bridgehead atoms. The lowest BCUT2D eigenvalue weighted by molar-refractivity contribution is 0.102. The molecule has 25 heavy (non-hydrogen) atoms. The van der Waals surface area contributed by atoms with Crippen LogP contribution in [0.1, 0.15) is 10.4 Å². The van der Waals surface area contributed by atoms with Gasteiger partial charge in [-0.1, -0.05) is 35.0 Å². The topological polar surface area (TPSA) is 128 Å². The van der Waals surface area contributed by atoms with E-state index in [1.54, 1.807) is 6.20 Å². The van der Waals surface area contributed by atoms with E-state index in [0.29, 0.717) is 20.8 Å². The average Bonchev–Trinajstić information content (AvgIpc) is 2.94. The van der Waals surface area contributed by atoms with Crippen LogP contribution in [0, 0.1) is 0 Å². The van der Waals surface area contributed by atoms with Gasteiger partial charge < -0.3 is 5.73 Å². The first-order chi connectivity index (χ1) is 11.8. The number of hydrogen-bond donors (Lipinski definition) is 2. The van der Waals surface area contributed by atoms with Crippen LogP contribution in [0.5, 0.6) is 0 Å². The maximum atomic E-state index is 12.4. The second kappa shape index (κ2) is 6.54. The van der Waals surface area contributed by atoms with Crippen molar-refractivity contribution in [1.82, 2.24) is 24.1 Å². The summed E-state index contributed by atoms with van der Waals surface area (Å²) in [5, 5.41) is 8.93. The summed E-state index contributed by atoms with van der Waals surface area (Å²) in [6, 6.07) is 1.53. The van der Waals surface area contributed by atoms with Crippen LogP contribution in [0.25, 0.3) is 5.65 Å². The number of carbonyl (C=O) groups excluding carboxylic acids is 1. The largest absolute Gasteiger partial charge is 0.384 e. The normalized spacial score (nSPS) is 11.2. The molecule has 0 fully saturated rings. The number of rotatable bonds is 4. The average molecular weight is 401 g/mol. The van der Waals surface area contributed by atoms with Crippen LogP contribution in [-0.4, -0.2) is 35.7 Å². The summed E-state index contributed by atoms with van der Waals surface area (Å²) >= 11 is 13.0. The minimum atomic E-state index is -0.830. The van der Waals surface area contributed by atoms with Gasteiger partial charge in [-0.15, -0.1) is 10.2 Å². The van der Waals surface area contributed by atoms with Crippen LogP contribution in [0.4, 0.5) is 5.82 Å². The first kappa shape index (κ1) is 17.5. The fraction of sp³-hybridized carbons (Fsp3) is 0.154. The highest BCUT2D eigenvalue weighted by Crippen LogP contribution is 2.25. The van der Waals surface area contributed by atoms with Gasteiger partial charge in [0.15, 0.2) is 16.6 Å². The molecule has 0 aliphatic carbocycles. The molecule has 0 spiro atoms. The number of thioether (sulfide) groups is 1. The zero-order valence-corrected chi connectivity index (χ0v) is 14.9. The Morgan fingerprint density at radius 1 is 1.36 bits per heavy atom. The van der Waals surface area contributed by atoms with Crippen molar-refractivity contribution in [3.8, 4) is 0 Å². The number of nitrogens with zero attached hydrogens (tertiary/aromatic N) is 4. The maximum absolute atomic E-state index is 12.4. The number of halogens is 2. The third-order valence-electron chi connectivity index (χ3n) is 3.38. The van der Waals surface area contributed by atoms with Crippen molar-refractivity contribution >= 4 is 52.2 Å². The lowest BCUT2D eigenvalue weighted by Crippen LogP contribution is -2.35. The van der Waals surface area contributed by atoms with Crippen LogP contribution in [0.15, 0.2) is 27.0 Å². The van der Waals surface area contributed by atoms with Gasteiger partial charge >= 0.3 is 5.69 Å². The summed E-state index contributed by atoms with van der Waals surface area (Å²) in [5.74, 6) is -0.892. The van der Waals surface area contributed by atoms with Crippen molar-refractivity contribution in [2.24, 2.45) is 7.05 Å². The van der Waals surface area contributed by atoms with Gasteiger partial charge in [-0.25, -0.2) is 4.79 Å². The lowest BCUT2D eigenvalue weighted by atomic mass is 10.2. The molecule has 3 rings (SSSR count). The van der Waals surface area contributed by atoms with E-state index in [4.69, 9.17) is 28.9 Å². The molecule has 0 aliphatic rings. The Kier molecular flexibility index (Phi) is 4.58. The second-order valence-corrected chi connectivity index (χ2v) is 6.76. The summed E-state index contributed by atoms with van der Waals surface area (Å²) in [6.07, 6.45) is 1.56. The first-order valence-corrected chi connectivity index (χ1v) is 8.48. The van der Waals surface area contributed by atoms with Crippen molar-refractivity contribution in [3.05, 3.63) is 48.7 Å². The smallest absolute Gasteiger partial charge is 0.329 e. The molecule has 0 saturated carbocycles. The number of aromatic nitrogens is 5. The standard InChI is InChI=1S/C13H10Cl2N6O3S/c1-20-9(16)8(11(23)17-12(20)24)7(22)4-25-13-19-18-10-6(15)2-5(14)3-21(10)13/h2-3H,4,16H2,1H3,(H,17,23,24). The quantitative estimate of drug-likeness (QED) is 0.493. The molecule has 0 radical (unpaired) electrons. The number of nitrogens with one attached hydrogen (secondary N) is 1. The predicted molar refractivity (Wildman–Crippen MR) is 94.8 cm³/mol. The van der Waals surface area contributed by atoms with E-state index in [1.165, 1.54) is 17.5 Å². The van der Waals surface area contributed by atoms with E-state index >= 15 is 0 Å². The van der Waals surface area contributed by atoms with Gasteiger partial charge in [0.25, 0.3) is 5.56 Å². The predicted octanol–water partition coefficient (Wildman–Crippen LogP) is 0.980. The third-order valence-corrected chi connectivity index (χ3v) is 4.80. The van der Waals surface area contributed by atoms with Crippen molar-refractivity contribution in [2.45, 2.75) is 5.16 Å². The number of H-pyrrole nitrogens is 1. The molecule has 0 atom stereocenters. The molecule has 0 aliphatic heterocycles. The Hall–Kier alpha value is -2.30. The number of carbonyl (C=O) groups is 1. The number of pyridine rings is 1. The van der Waals surface area contributed by atoms with E-state index in [1.807, 2.05) is 4.98 Å². The first-order valence-electron chi connectivity index (χ1n) is 6.74. The van der Waals surface area contributed by atoms with Gasteiger partial charge in [0.1, 0.15) is 11.4 Å². The van der Waals surface area contributed by atoms with Crippen LogP contribution < -0.4 is 17.0 Å². The highest BCUT2D eigenvalue weighted by atomic mass is 35.5. The van der Waals surface area contributed by atoms with Crippen LogP contribution in [0.3, 0.4) is 0 Å². The number of aromatic amines is 1. The van der Waals surface area contributed by atoms with Gasteiger partial charge in [-0.3, -0.25) is 23.5 Å². The summed E-state index contributed by atoms with van der Waals surface area (Å²) in [7, 11) is 1.35. The second-order valence-electron chi connectivity index (χ2n) is 4.97. The molecule has 0 unspecified atom stereocenters. The van der Waals surface area contributed by atoms with Crippen LogP contribution in [0.2, 0.25) is 10.0 Å². The van der Waals surface area contributed by atoms with Gasteiger partial charge in [0, 0.05) is 13.2 Å². The Labute approximate surface area is 153 Å². The molecule has 3 heterocycles. The van der Waals surface area contributed by atoms with Crippen molar-refractivity contribution in [3.63, 3.8) is 0 Å². The molecule has 3 aromatic heterocycles. The van der Waals surface area contributed by atoms with Crippen molar-refractivity contribution in [2.75, 3.05) is 11.5 Å². The van der Waals surface area contributed by atoms with E-state index in [0.717, 1.165) is 16.3 Å². The SMILES string of the molecule is Cn1c(N)c(C(=O)CSc2nnc3c(Cl)cc(Cl)cn23)c(=O)[nH]c1=O. The zero-order valence-electron chi connectivity index (χ0n) is 12.6. The highest BCUT2D eigenvalue weighted by molar-refractivity contribution is 7.99. The Morgan fingerprint density at radius 3 is 2.80 bits per heavy atom. The molecule has 0 amide bonds. The molecule has 0 saturated heterocycles. The van der Waals surface area contributed by atoms with Crippen molar-refractivity contribution < 1.29 is 4.79 Å². The summed E-state index contributed by atoms with van der Waals surface area (Å²) in [4.78, 5) is 37.7. The van der Waals surface area contributed by atoms with Crippen LogP contribution in [-0.2, 0) is 7.05 Å². The van der Waals surface area contributed by atoms with Gasteiger partial charge in [0.2, 0.25) is 0 Å². The molecule has 3 aromatic rings. The molecule has 0 aromatic carbocycles. The molecule has 3 N–H and O–H groups in total. The summed E-state index contributed by atoms with van der Waals surface area (Å²) in [6.45, 7) is 0. The van der Waals surface area contributed by atoms with Crippen molar-refractivity contribution in [1.29, 1.82) is 0 Å². The minimum absolute atomic E-state index is 0.142. The van der Waals surface area contributed by atoms with Gasteiger partial charge in [-0.2, -0.15) is 0 Å². The summed E-state index contributed by atoms with van der Waals surface area (Å²) < 4.78 is 2.53. The number of ketones is 1. The fourth-order valence-corrected chi connectivity index (χ4v) is 3.40. The van der Waals surface area contributed by atoms with Gasteiger partial charge in [-0.05, 0) is 6.07 Å². The monoisotopic (exact) mass is 400 g/mol. The molecular formula is C13H10Cl2N6O3S. The Balaban J connectivity index is 1.91. The lowest BCUT2D eigenvalue weighted by Gasteiger charge is -2.07. The molecule has 130 valence electrons. The molecule has 12 heteroatoms. The number of hydrogen-bond acceptors (Lipinski definition) is 7. The van der Waals surface area contributed by atoms with E-state index < -0.39 is 17.0 Å². The minimum Gasteiger partial charge on any atom is -0.384 e. The third kappa shape index (κ3) is 3.15. The molecule has 9 nitrogen and oxygen atoms in total. The maximum Gasteiger partial charge on any atom is 0.329 e. The number of anilines is 1. The number of fused-ring (bicyclic) bond motifs is 1. The fourth-order valence-electron chi connectivity index (χ4n) is 2.11. The Morgan fingerprint density at radius 2 is 2.08 bits per heavy atom. The highest BCUT2D eigenvalue weighted by Gasteiger charge is 2.19. The summed E-state index contributed by atoms with van der Waals surface area (Å²) in [5.41, 5.74) is 4.30. The molecular weight excluding hydrogens is 391 g/mol. The number of nitrogen functional groups attached to an aromatic ring is 1. The Bertz CT molecular complexity index is 1120. The number of Topliss-reactive ketones (excluding diaryl/α,β-unsaturated/α-hetero) is 1. The van der Waals surface area contributed by atoms with E-state index in [-0.39, 0.29) is 17.1 Å². The number of nitrogens with two attached hydrogens (primary N) is 1. The van der Waals surface area contributed by atoms with E-state index in [9.17, 15) is 14.4 Å². The van der Waals surface area contributed by atoms with Crippen LogP contribution >= 0.6 is 35.0 Å². The zero-order chi connectivity index (χ0) is 18.3.